The van der Waals surface area contributed by atoms with Crippen LogP contribution in [0.1, 0.15) is 5.69 Å². The molecule has 0 amide bonds. The maximum absolute atomic E-state index is 11.8. The predicted octanol–water partition coefficient (Wildman–Crippen LogP) is 2.04. The summed E-state index contributed by atoms with van der Waals surface area (Å²) in [6.45, 7) is 0.185. The van der Waals surface area contributed by atoms with Gasteiger partial charge in [0.1, 0.15) is 5.75 Å². The van der Waals surface area contributed by atoms with Crippen molar-refractivity contribution in [2.24, 2.45) is 5.73 Å². The summed E-state index contributed by atoms with van der Waals surface area (Å²) in [6, 6.07) is 1.24. The van der Waals surface area contributed by atoms with E-state index in [-0.39, 0.29) is 12.3 Å². The molecule has 78 valence electrons. The standard InChI is InChI=1S/C7H6F3IN2O/c8-7(9,10)14-4-1-5(11)6(2-12)13-3-4/h1,3H,2,12H2. The van der Waals surface area contributed by atoms with Crippen molar-refractivity contribution in [2.45, 2.75) is 12.9 Å². The molecule has 0 aliphatic rings. The van der Waals surface area contributed by atoms with E-state index >= 15 is 0 Å². The monoisotopic (exact) mass is 318 g/mol. The molecule has 1 aromatic heterocycles. The van der Waals surface area contributed by atoms with E-state index < -0.39 is 6.36 Å². The van der Waals surface area contributed by atoms with Gasteiger partial charge < -0.3 is 10.5 Å². The van der Waals surface area contributed by atoms with Crippen LogP contribution in [0.25, 0.3) is 0 Å². The first-order chi connectivity index (χ1) is 6.42. The molecular formula is C7H6F3IN2O. The van der Waals surface area contributed by atoms with E-state index in [0.717, 1.165) is 6.20 Å². The Labute approximate surface area is 91.6 Å². The quantitative estimate of drug-likeness (QED) is 0.849. The Morgan fingerprint density at radius 3 is 2.57 bits per heavy atom. The lowest BCUT2D eigenvalue weighted by atomic mass is 10.3. The van der Waals surface area contributed by atoms with E-state index in [0.29, 0.717) is 9.26 Å². The maximum Gasteiger partial charge on any atom is 0.573 e. The van der Waals surface area contributed by atoms with Crippen LogP contribution >= 0.6 is 22.6 Å². The molecule has 0 unspecified atom stereocenters. The summed E-state index contributed by atoms with van der Waals surface area (Å²) in [6.07, 6.45) is -3.69. The second-order valence-corrected chi connectivity index (χ2v) is 3.51. The van der Waals surface area contributed by atoms with Crippen molar-refractivity contribution >= 4 is 22.6 Å². The normalized spacial score (nSPS) is 11.5. The number of alkyl halides is 3. The molecule has 0 spiro atoms. The molecule has 0 aromatic carbocycles. The molecule has 1 rings (SSSR count). The van der Waals surface area contributed by atoms with Crippen LogP contribution in [0.15, 0.2) is 12.3 Å². The molecule has 14 heavy (non-hydrogen) atoms. The fourth-order valence-electron chi connectivity index (χ4n) is 0.788. The van der Waals surface area contributed by atoms with Gasteiger partial charge in [0.25, 0.3) is 0 Å². The maximum atomic E-state index is 11.8. The van der Waals surface area contributed by atoms with Crippen molar-refractivity contribution in [3.63, 3.8) is 0 Å². The lowest BCUT2D eigenvalue weighted by molar-refractivity contribution is -0.274. The minimum Gasteiger partial charge on any atom is -0.404 e. The highest BCUT2D eigenvalue weighted by atomic mass is 127. The Morgan fingerprint density at radius 1 is 1.50 bits per heavy atom. The molecule has 2 N–H and O–H groups in total. The highest BCUT2D eigenvalue weighted by Gasteiger charge is 2.31. The number of nitrogens with two attached hydrogens (primary N) is 1. The summed E-state index contributed by atoms with van der Waals surface area (Å²) in [5.41, 5.74) is 5.84. The minimum absolute atomic E-state index is 0.185. The van der Waals surface area contributed by atoms with Crippen molar-refractivity contribution in [3.05, 3.63) is 21.5 Å². The van der Waals surface area contributed by atoms with Crippen LogP contribution in [0, 0.1) is 3.57 Å². The van der Waals surface area contributed by atoms with Crippen LogP contribution in [0.5, 0.6) is 5.75 Å². The van der Waals surface area contributed by atoms with Crippen molar-refractivity contribution in [1.82, 2.24) is 4.98 Å². The van der Waals surface area contributed by atoms with Crippen LogP contribution in [0.2, 0.25) is 0 Å². The Bertz CT molecular complexity index is 329. The van der Waals surface area contributed by atoms with Gasteiger partial charge in [-0.25, -0.2) is 0 Å². The summed E-state index contributed by atoms with van der Waals surface area (Å²) in [5.74, 6) is -0.334. The zero-order valence-corrected chi connectivity index (χ0v) is 8.96. The molecule has 0 aliphatic carbocycles. The number of nitrogens with zero attached hydrogens (tertiary/aromatic N) is 1. The third-order valence-electron chi connectivity index (χ3n) is 1.32. The molecule has 0 saturated carbocycles. The number of rotatable bonds is 2. The first-order valence-electron chi connectivity index (χ1n) is 3.52. The van der Waals surface area contributed by atoms with E-state index in [2.05, 4.69) is 9.72 Å². The SMILES string of the molecule is NCc1ncc(OC(F)(F)F)cc1I. The molecule has 0 aliphatic heterocycles. The van der Waals surface area contributed by atoms with Gasteiger partial charge in [-0.05, 0) is 28.7 Å². The van der Waals surface area contributed by atoms with Crippen molar-refractivity contribution in [1.29, 1.82) is 0 Å². The zero-order valence-electron chi connectivity index (χ0n) is 6.81. The van der Waals surface area contributed by atoms with E-state index in [4.69, 9.17) is 5.73 Å². The second-order valence-electron chi connectivity index (χ2n) is 2.35. The van der Waals surface area contributed by atoms with Crippen molar-refractivity contribution in [3.8, 4) is 5.75 Å². The molecular weight excluding hydrogens is 312 g/mol. The van der Waals surface area contributed by atoms with Crippen LogP contribution in [-0.4, -0.2) is 11.3 Å². The Hall–Kier alpha value is -0.570. The summed E-state index contributed by atoms with van der Waals surface area (Å²) >= 11 is 1.85. The fourth-order valence-corrected chi connectivity index (χ4v) is 1.45. The summed E-state index contributed by atoms with van der Waals surface area (Å²) < 4.78 is 39.6. The first kappa shape index (κ1) is 11.5. The van der Waals surface area contributed by atoms with Gasteiger partial charge in [-0.2, -0.15) is 0 Å². The molecule has 7 heteroatoms. The van der Waals surface area contributed by atoms with Gasteiger partial charge in [-0.3, -0.25) is 4.98 Å². The van der Waals surface area contributed by atoms with Gasteiger partial charge >= 0.3 is 6.36 Å². The number of hydrogen-bond donors (Lipinski definition) is 1. The topological polar surface area (TPSA) is 48.1 Å². The average molecular weight is 318 g/mol. The van der Waals surface area contributed by atoms with Crippen LogP contribution in [-0.2, 0) is 6.54 Å². The number of ether oxygens (including phenoxy) is 1. The van der Waals surface area contributed by atoms with Crippen LogP contribution in [0.3, 0.4) is 0 Å². The van der Waals surface area contributed by atoms with Gasteiger partial charge in [0.05, 0.1) is 11.9 Å². The van der Waals surface area contributed by atoms with Gasteiger partial charge in [-0.1, -0.05) is 0 Å². The fraction of sp³-hybridized carbons (Fsp3) is 0.286. The van der Waals surface area contributed by atoms with Gasteiger partial charge in [0.2, 0.25) is 0 Å². The van der Waals surface area contributed by atoms with Crippen molar-refractivity contribution < 1.29 is 17.9 Å². The van der Waals surface area contributed by atoms with Crippen molar-refractivity contribution in [2.75, 3.05) is 0 Å². The molecule has 1 heterocycles. The number of aromatic nitrogens is 1. The summed E-state index contributed by atoms with van der Waals surface area (Å²) in [7, 11) is 0. The van der Waals surface area contributed by atoms with Crippen LogP contribution in [0.4, 0.5) is 13.2 Å². The van der Waals surface area contributed by atoms with Crippen LogP contribution < -0.4 is 10.5 Å². The highest BCUT2D eigenvalue weighted by molar-refractivity contribution is 14.1. The van der Waals surface area contributed by atoms with E-state index in [1.165, 1.54) is 6.07 Å². The molecule has 0 saturated heterocycles. The molecule has 0 fully saturated rings. The van der Waals surface area contributed by atoms with E-state index in [1.807, 2.05) is 22.6 Å². The lowest BCUT2D eigenvalue weighted by Gasteiger charge is -2.09. The Balaban J connectivity index is 2.87. The molecule has 0 bridgehead atoms. The van der Waals surface area contributed by atoms with E-state index in [9.17, 15) is 13.2 Å². The lowest BCUT2D eigenvalue weighted by Crippen LogP contribution is -2.17. The minimum atomic E-state index is -4.69. The third-order valence-corrected chi connectivity index (χ3v) is 2.25. The molecule has 3 nitrogen and oxygen atoms in total. The second kappa shape index (κ2) is 4.30. The average Bonchev–Trinajstić information content (AvgIpc) is 2.01. The Morgan fingerprint density at radius 2 is 2.14 bits per heavy atom. The first-order valence-corrected chi connectivity index (χ1v) is 4.60. The number of halogens is 4. The highest BCUT2D eigenvalue weighted by Crippen LogP contribution is 2.24. The summed E-state index contributed by atoms with van der Waals surface area (Å²) in [5, 5.41) is 0. The largest absolute Gasteiger partial charge is 0.573 e. The van der Waals surface area contributed by atoms with Gasteiger partial charge in [0.15, 0.2) is 0 Å². The number of hydrogen-bond acceptors (Lipinski definition) is 3. The predicted molar refractivity (Wildman–Crippen MR) is 51.5 cm³/mol. The molecule has 1 aromatic rings. The Kier molecular flexibility index (Phi) is 3.53. The van der Waals surface area contributed by atoms with Gasteiger partial charge in [0, 0.05) is 10.1 Å². The number of pyridine rings is 1. The molecule has 0 radical (unpaired) electrons. The van der Waals surface area contributed by atoms with Gasteiger partial charge in [-0.15, -0.1) is 13.2 Å². The van der Waals surface area contributed by atoms with E-state index in [1.54, 1.807) is 0 Å². The summed E-state index contributed by atoms with van der Waals surface area (Å²) in [4.78, 5) is 3.72. The smallest absolute Gasteiger partial charge is 0.404 e. The molecule has 0 atom stereocenters. The third kappa shape index (κ3) is 3.29. The zero-order chi connectivity index (χ0) is 10.8.